The largest absolute Gasteiger partial charge is 0.477 e. The van der Waals surface area contributed by atoms with Crippen LogP contribution in [0, 0.1) is 0 Å². The number of nitrogens with zero attached hydrogens (tertiary/aromatic N) is 2. The summed E-state index contributed by atoms with van der Waals surface area (Å²) in [6, 6.07) is 1.30. The molecule has 0 unspecified atom stereocenters. The number of alkyl halides is 3. The van der Waals surface area contributed by atoms with Crippen molar-refractivity contribution in [1.82, 2.24) is 9.97 Å². The lowest BCUT2D eigenvalue weighted by Crippen LogP contribution is -2.13. The number of ether oxygens (including phenoxy) is 1. The molecular weight excluding hydrogens is 257 g/mol. The minimum atomic E-state index is -4.23. The van der Waals surface area contributed by atoms with Crippen LogP contribution in [0.4, 0.5) is 13.2 Å². The number of hydrogen-bond acceptors (Lipinski definition) is 3. The van der Waals surface area contributed by atoms with Crippen LogP contribution in [0.25, 0.3) is 0 Å². The van der Waals surface area contributed by atoms with Crippen molar-refractivity contribution in [3.05, 3.63) is 17.0 Å². The van der Waals surface area contributed by atoms with Crippen LogP contribution in [0.5, 0.6) is 5.88 Å². The van der Waals surface area contributed by atoms with E-state index in [4.69, 9.17) is 16.3 Å². The van der Waals surface area contributed by atoms with Crippen LogP contribution in [-0.4, -0.2) is 22.8 Å². The first-order chi connectivity index (χ1) is 7.90. The maximum absolute atomic E-state index is 11.9. The monoisotopic (exact) mass is 268 g/mol. The summed E-state index contributed by atoms with van der Waals surface area (Å²) in [7, 11) is 0. The van der Waals surface area contributed by atoms with Crippen LogP contribution < -0.4 is 4.74 Å². The predicted octanol–water partition coefficient (Wildman–Crippen LogP) is 3.41. The minimum absolute atomic E-state index is 0.0812. The third-order valence-electron chi connectivity index (χ3n) is 1.83. The second kappa shape index (κ2) is 6.05. The van der Waals surface area contributed by atoms with Gasteiger partial charge in [0.15, 0.2) is 0 Å². The van der Waals surface area contributed by atoms with Gasteiger partial charge in [-0.05, 0) is 6.42 Å². The van der Waals surface area contributed by atoms with Gasteiger partial charge in [-0.1, -0.05) is 18.5 Å². The Kier molecular flexibility index (Phi) is 4.99. The van der Waals surface area contributed by atoms with E-state index in [1.165, 1.54) is 6.07 Å². The summed E-state index contributed by atoms with van der Waals surface area (Å²) in [5.41, 5.74) is 0. The van der Waals surface area contributed by atoms with E-state index in [0.717, 1.165) is 6.42 Å². The smallest absolute Gasteiger partial charge is 0.392 e. The number of halogens is 4. The van der Waals surface area contributed by atoms with Crippen LogP contribution in [-0.2, 0) is 6.42 Å². The van der Waals surface area contributed by atoms with Gasteiger partial charge < -0.3 is 4.74 Å². The molecule has 0 aliphatic carbocycles. The maximum Gasteiger partial charge on any atom is 0.392 e. The molecule has 1 aromatic rings. The van der Waals surface area contributed by atoms with Crippen molar-refractivity contribution in [3.8, 4) is 5.88 Å². The Hall–Kier alpha value is -1.04. The van der Waals surface area contributed by atoms with E-state index in [1.807, 2.05) is 6.92 Å². The molecule has 1 heterocycles. The number of rotatable bonds is 5. The molecule has 0 saturated heterocycles. The first-order valence-electron chi connectivity index (χ1n) is 5.13. The average molecular weight is 269 g/mol. The van der Waals surface area contributed by atoms with Crippen molar-refractivity contribution in [3.63, 3.8) is 0 Å². The molecule has 7 heteroatoms. The Morgan fingerprint density at radius 1 is 1.35 bits per heavy atom. The van der Waals surface area contributed by atoms with Crippen molar-refractivity contribution in [2.24, 2.45) is 0 Å². The van der Waals surface area contributed by atoms with E-state index in [2.05, 4.69) is 9.97 Å². The Morgan fingerprint density at radius 3 is 2.65 bits per heavy atom. The third kappa shape index (κ3) is 5.72. The fourth-order valence-corrected chi connectivity index (χ4v) is 1.31. The quantitative estimate of drug-likeness (QED) is 0.768. The molecular formula is C10H12ClF3N2O. The normalized spacial score (nSPS) is 11.6. The molecule has 0 aliphatic heterocycles. The lowest BCUT2D eigenvalue weighted by Gasteiger charge is -2.08. The summed E-state index contributed by atoms with van der Waals surface area (Å²) in [5, 5.41) is 0.172. The van der Waals surface area contributed by atoms with Crippen molar-refractivity contribution < 1.29 is 17.9 Å². The highest BCUT2D eigenvalue weighted by molar-refractivity contribution is 6.29. The summed E-state index contributed by atoms with van der Waals surface area (Å²) in [5.74, 6) is 0.555. The number of aryl methyl sites for hydroxylation is 1. The van der Waals surface area contributed by atoms with Gasteiger partial charge in [-0.25, -0.2) is 4.98 Å². The van der Waals surface area contributed by atoms with Gasteiger partial charge in [0.25, 0.3) is 0 Å². The lowest BCUT2D eigenvalue weighted by atomic mass is 10.3. The standard InChI is InChI=1S/C10H12ClF3N2O/c1-2-3-8-15-7(11)6-9(16-8)17-5-4-10(12,13)14/h6H,2-5H2,1H3. The van der Waals surface area contributed by atoms with Gasteiger partial charge in [-0.3, -0.25) is 0 Å². The van der Waals surface area contributed by atoms with Crippen LogP contribution in [0.15, 0.2) is 6.07 Å². The van der Waals surface area contributed by atoms with Gasteiger partial charge in [0, 0.05) is 12.5 Å². The van der Waals surface area contributed by atoms with E-state index >= 15 is 0 Å². The van der Waals surface area contributed by atoms with E-state index < -0.39 is 19.2 Å². The Morgan fingerprint density at radius 2 is 2.06 bits per heavy atom. The molecule has 0 atom stereocenters. The highest BCUT2D eigenvalue weighted by Gasteiger charge is 2.26. The third-order valence-corrected chi connectivity index (χ3v) is 2.02. The highest BCUT2D eigenvalue weighted by Crippen LogP contribution is 2.20. The van der Waals surface area contributed by atoms with Gasteiger partial charge in [-0.2, -0.15) is 18.2 Å². The molecule has 96 valence electrons. The van der Waals surface area contributed by atoms with Crippen LogP contribution in [0.2, 0.25) is 5.15 Å². The second-order valence-electron chi connectivity index (χ2n) is 3.41. The summed E-state index contributed by atoms with van der Waals surface area (Å²) < 4.78 is 40.6. The predicted molar refractivity (Wildman–Crippen MR) is 57.2 cm³/mol. The summed E-state index contributed by atoms with van der Waals surface area (Å²) in [4.78, 5) is 7.89. The van der Waals surface area contributed by atoms with Gasteiger partial charge in [0.2, 0.25) is 5.88 Å². The summed E-state index contributed by atoms with van der Waals surface area (Å²) >= 11 is 5.70. The topological polar surface area (TPSA) is 35.0 Å². The van der Waals surface area contributed by atoms with Crippen molar-refractivity contribution in [1.29, 1.82) is 0 Å². The second-order valence-corrected chi connectivity index (χ2v) is 3.80. The Bertz CT molecular complexity index is 371. The van der Waals surface area contributed by atoms with Gasteiger partial charge >= 0.3 is 6.18 Å². The van der Waals surface area contributed by atoms with Crippen LogP contribution >= 0.6 is 11.6 Å². The molecule has 0 aromatic carbocycles. The van der Waals surface area contributed by atoms with Gasteiger partial charge in [-0.15, -0.1) is 0 Å². The van der Waals surface area contributed by atoms with Gasteiger partial charge in [0.05, 0.1) is 13.0 Å². The zero-order chi connectivity index (χ0) is 12.9. The number of hydrogen-bond donors (Lipinski definition) is 0. The van der Waals surface area contributed by atoms with E-state index in [-0.39, 0.29) is 11.0 Å². The summed E-state index contributed by atoms with van der Waals surface area (Å²) in [6.45, 7) is 1.47. The fraction of sp³-hybridized carbons (Fsp3) is 0.600. The van der Waals surface area contributed by atoms with E-state index in [0.29, 0.717) is 12.2 Å². The Balaban J connectivity index is 2.58. The molecule has 1 aromatic heterocycles. The lowest BCUT2D eigenvalue weighted by molar-refractivity contribution is -0.139. The van der Waals surface area contributed by atoms with E-state index in [1.54, 1.807) is 0 Å². The van der Waals surface area contributed by atoms with Crippen molar-refractivity contribution in [2.45, 2.75) is 32.4 Å². The first-order valence-corrected chi connectivity index (χ1v) is 5.51. The van der Waals surface area contributed by atoms with Crippen LogP contribution in [0.1, 0.15) is 25.6 Å². The zero-order valence-corrected chi connectivity index (χ0v) is 9.98. The minimum Gasteiger partial charge on any atom is -0.477 e. The SMILES string of the molecule is CCCc1nc(Cl)cc(OCCC(F)(F)F)n1. The highest BCUT2D eigenvalue weighted by atomic mass is 35.5. The molecule has 17 heavy (non-hydrogen) atoms. The molecule has 0 fully saturated rings. The van der Waals surface area contributed by atoms with E-state index in [9.17, 15) is 13.2 Å². The summed E-state index contributed by atoms with van der Waals surface area (Å²) in [6.07, 6.45) is -3.82. The van der Waals surface area contributed by atoms with Crippen LogP contribution in [0.3, 0.4) is 0 Å². The fourth-order valence-electron chi connectivity index (χ4n) is 1.12. The first kappa shape index (κ1) is 14.0. The maximum atomic E-state index is 11.9. The average Bonchev–Trinajstić information content (AvgIpc) is 2.15. The molecule has 1 rings (SSSR count). The molecule has 0 N–H and O–H groups in total. The molecule has 0 saturated carbocycles. The zero-order valence-electron chi connectivity index (χ0n) is 9.22. The number of aromatic nitrogens is 2. The molecule has 0 spiro atoms. The van der Waals surface area contributed by atoms with Crippen molar-refractivity contribution >= 4 is 11.6 Å². The molecule has 0 bridgehead atoms. The molecule has 3 nitrogen and oxygen atoms in total. The molecule has 0 amide bonds. The molecule has 0 radical (unpaired) electrons. The molecule has 0 aliphatic rings. The van der Waals surface area contributed by atoms with Crippen molar-refractivity contribution in [2.75, 3.05) is 6.61 Å². The Labute approximate surface area is 102 Å². The van der Waals surface area contributed by atoms with Gasteiger partial charge in [0.1, 0.15) is 11.0 Å².